The van der Waals surface area contributed by atoms with Crippen molar-refractivity contribution in [1.29, 1.82) is 0 Å². The standard InChI is InChI=1S/C23H25N7OS/c24-21(32)16-3-1-2-15(11-16)19-13-30(17-6-8-31-9-7-17)20-10-14(4-5-18(19)20)12-26-23-27-22(25)28-29-23/h1-5,10-11,13,17H,6-9,12H2,(H2,24,32)(H4,25,26,27,28,29). The number of nitrogens with one attached hydrogen (secondary N) is 2. The van der Waals surface area contributed by atoms with Gasteiger partial charge in [-0.25, -0.2) is 5.10 Å². The minimum Gasteiger partial charge on any atom is -0.389 e. The Balaban J connectivity index is 1.55. The molecule has 6 N–H and O–H groups in total. The molecule has 1 aliphatic heterocycles. The molecule has 1 aliphatic rings. The van der Waals surface area contributed by atoms with Crippen LogP contribution >= 0.6 is 12.2 Å². The highest BCUT2D eigenvalue weighted by Crippen LogP contribution is 2.36. The number of nitrogens with two attached hydrogens (primary N) is 2. The van der Waals surface area contributed by atoms with Crippen LogP contribution in [0.4, 0.5) is 11.9 Å². The zero-order valence-electron chi connectivity index (χ0n) is 17.5. The van der Waals surface area contributed by atoms with Gasteiger partial charge in [0.25, 0.3) is 0 Å². The van der Waals surface area contributed by atoms with E-state index in [1.165, 1.54) is 16.5 Å². The van der Waals surface area contributed by atoms with Gasteiger partial charge in [0.2, 0.25) is 11.9 Å². The average molecular weight is 448 g/mol. The Morgan fingerprint density at radius 1 is 1.22 bits per heavy atom. The molecule has 1 fully saturated rings. The second kappa shape index (κ2) is 8.60. The molecule has 2 aromatic heterocycles. The van der Waals surface area contributed by atoms with Crippen LogP contribution in [0.5, 0.6) is 0 Å². The normalized spacial score (nSPS) is 14.6. The molecule has 164 valence electrons. The van der Waals surface area contributed by atoms with Crippen molar-refractivity contribution < 1.29 is 4.74 Å². The molecule has 8 nitrogen and oxygen atoms in total. The van der Waals surface area contributed by atoms with E-state index in [0.717, 1.165) is 42.7 Å². The van der Waals surface area contributed by atoms with Gasteiger partial charge < -0.3 is 26.1 Å². The van der Waals surface area contributed by atoms with E-state index in [4.69, 9.17) is 28.4 Å². The summed E-state index contributed by atoms with van der Waals surface area (Å²) in [5.41, 5.74) is 17.0. The number of nitrogens with zero attached hydrogens (tertiary/aromatic N) is 3. The highest BCUT2D eigenvalue weighted by Gasteiger charge is 2.20. The van der Waals surface area contributed by atoms with Crippen molar-refractivity contribution in [2.24, 2.45) is 5.73 Å². The third kappa shape index (κ3) is 4.04. The van der Waals surface area contributed by atoms with E-state index in [2.05, 4.69) is 61.6 Å². The van der Waals surface area contributed by atoms with E-state index in [0.29, 0.717) is 29.5 Å². The molecule has 0 bridgehead atoms. The molecule has 5 rings (SSSR count). The van der Waals surface area contributed by atoms with E-state index >= 15 is 0 Å². The van der Waals surface area contributed by atoms with Crippen LogP contribution in [-0.2, 0) is 11.3 Å². The van der Waals surface area contributed by atoms with Crippen molar-refractivity contribution in [3.63, 3.8) is 0 Å². The number of hydrogen-bond acceptors (Lipinski definition) is 6. The van der Waals surface area contributed by atoms with Gasteiger partial charge in [0, 0.05) is 54.0 Å². The summed E-state index contributed by atoms with van der Waals surface area (Å²) >= 11 is 5.19. The van der Waals surface area contributed by atoms with Crippen LogP contribution < -0.4 is 16.8 Å². The summed E-state index contributed by atoms with van der Waals surface area (Å²) in [5, 5.41) is 11.1. The van der Waals surface area contributed by atoms with Gasteiger partial charge >= 0.3 is 0 Å². The fraction of sp³-hybridized carbons (Fsp3) is 0.261. The van der Waals surface area contributed by atoms with Crippen LogP contribution in [0.1, 0.15) is 30.0 Å². The predicted molar refractivity (Wildman–Crippen MR) is 130 cm³/mol. The molecule has 3 heterocycles. The predicted octanol–water partition coefficient (Wildman–Crippen LogP) is 3.61. The number of fused-ring (bicyclic) bond motifs is 1. The van der Waals surface area contributed by atoms with E-state index in [1.807, 2.05) is 12.1 Å². The fourth-order valence-corrected chi connectivity index (χ4v) is 4.40. The lowest BCUT2D eigenvalue weighted by Crippen LogP contribution is -2.19. The zero-order chi connectivity index (χ0) is 22.1. The molecule has 0 spiro atoms. The third-order valence-corrected chi connectivity index (χ3v) is 6.13. The number of H-pyrrole nitrogens is 1. The number of thiocarbonyl (C=S) groups is 1. The summed E-state index contributed by atoms with van der Waals surface area (Å²) in [6.45, 7) is 2.16. The van der Waals surface area contributed by atoms with Gasteiger partial charge in [-0.15, -0.1) is 5.10 Å². The van der Waals surface area contributed by atoms with E-state index < -0.39 is 0 Å². The maximum atomic E-state index is 5.88. The Bertz CT molecular complexity index is 1270. The Hall–Kier alpha value is -3.43. The molecule has 9 heteroatoms. The van der Waals surface area contributed by atoms with Crippen LogP contribution in [0.25, 0.3) is 22.0 Å². The van der Waals surface area contributed by atoms with Crippen LogP contribution in [-0.4, -0.2) is 38.0 Å². The van der Waals surface area contributed by atoms with Crippen molar-refractivity contribution >= 4 is 40.0 Å². The molecular formula is C23H25N7OS. The molecule has 0 aliphatic carbocycles. The maximum absolute atomic E-state index is 5.88. The SMILES string of the molecule is NC(=S)c1cccc(-c2cn(C3CCOCC3)c3cc(CNc4n[nH]c(N)n4)ccc23)c1. The number of rotatable bonds is 6. The van der Waals surface area contributed by atoms with Crippen molar-refractivity contribution in [3.05, 3.63) is 59.8 Å². The van der Waals surface area contributed by atoms with E-state index in [1.54, 1.807) is 0 Å². The first-order valence-corrected chi connectivity index (χ1v) is 11.0. The zero-order valence-corrected chi connectivity index (χ0v) is 18.4. The largest absolute Gasteiger partial charge is 0.389 e. The molecular weight excluding hydrogens is 422 g/mol. The second-order valence-corrected chi connectivity index (χ2v) is 8.43. The van der Waals surface area contributed by atoms with Crippen LogP contribution in [0.3, 0.4) is 0 Å². The van der Waals surface area contributed by atoms with Gasteiger partial charge in [-0.05, 0) is 36.1 Å². The first-order chi connectivity index (χ1) is 15.6. The van der Waals surface area contributed by atoms with Gasteiger partial charge in [-0.1, -0.05) is 42.5 Å². The number of hydrogen-bond donors (Lipinski definition) is 4. The second-order valence-electron chi connectivity index (χ2n) is 7.99. The van der Waals surface area contributed by atoms with Crippen molar-refractivity contribution in [1.82, 2.24) is 19.7 Å². The molecule has 0 amide bonds. The summed E-state index contributed by atoms with van der Waals surface area (Å²) in [7, 11) is 0. The molecule has 0 atom stereocenters. The fourth-order valence-electron chi connectivity index (χ4n) is 4.28. The molecule has 4 aromatic rings. The van der Waals surface area contributed by atoms with Gasteiger partial charge in [0.05, 0.1) is 0 Å². The Morgan fingerprint density at radius 2 is 2.06 bits per heavy atom. The number of aromatic nitrogens is 4. The smallest absolute Gasteiger partial charge is 0.243 e. The van der Waals surface area contributed by atoms with E-state index in [-0.39, 0.29) is 0 Å². The third-order valence-electron chi connectivity index (χ3n) is 5.89. The monoisotopic (exact) mass is 447 g/mol. The summed E-state index contributed by atoms with van der Waals surface area (Å²) in [5.74, 6) is 0.776. The summed E-state index contributed by atoms with van der Waals surface area (Å²) in [4.78, 5) is 4.51. The summed E-state index contributed by atoms with van der Waals surface area (Å²) < 4.78 is 8.00. The lowest BCUT2D eigenvalue weighted by molar-refractivity contribution is 0.0707. The maximum Gasteiger partial charge on any atom is 0.243 e. The van der Waals surface area contributed by atoms with Crippen molar-refractivity contribution in [2.75, 3.05) is 24.3 Å². The average Bonchev–Trinajstić information content (AvgIpc) is 3.41. The summed E-state index contributed by atoms with van der Waals surface area (Å²) in [6.07, 6.45) is 4.25. The van der Waals surface area contributed by atoms with Crippen LogP contribution in [0.15, 0.2) is 48.7 Å². The quantitative estimate of drug-likeness (QED) is 0.333. The first-order valence-electron chi connectivity index (χ1n) is 10.6. The van der Waals surface area contributed by atoms with E-state index in [9.17, 15) is 0 Å². The molecule has 2 aromatic carbocycles. The number of nitrogen functional groups attached to an aromatic ring is 1. The number of benzene rings is 2. The Labute approximate surface area is 191 Å². The minimum absolute atomic E-state index is 0.292. The first kappa shape index (κ1) is 20.5. The van der Waals surface area contributed by atoms with Crippen LogP contribution in [0.2, 0.25) is 0 Å². The molecule has 0 saturated carbocycles. The van der Waals surface area contributed by atoms with Crippen LogP contribution in [0, 0.1) is 0 Å². The molecule has 0 radical (unpaired) electrons. The van der Waals surface area contributed by atoms with Crippen molar-refractivity contribution in [3.8, 4) is 11.1 Å². The van der Waals surface area contributed by atoms with Gasteiger partial charge in [0.15, 0.2) is 0 Å². The Kier molecular flexibility index (Phi) is 5.50. The van der Waals surface area contributed by atoms with Gasteiger partial charge in [-0.2, -0.15) is 4.98 Å². The Morgan fingerprint density at radius 3 is 2.81 bits per heavy atom. The lowest BCUT2D eigenvalue weighted by atomic mass is 10.0. The highest BCUT2D eigenvalue weighted by molar-refractivity contribution is 7.80. The topological polar surface area (TPSA) is 120 Å². The van der Waals surface area contributed by atoms with Gasteiger partial charge in [-0.3, -0.25) is 0 Å². The van der Waals surface area contributed by atoms with Gasteiger partial charge in [0.1, 0.15) is 4.99 Å². The summed E-state index contributed by atoms with van der Waals surface area (Å²) in [6, 6.07) is 15.1. The minimum atomic E-state index is 0.292. The molecule has 32 heavy (non-hydrogen) atoms. The number of aromatic amines is 1. The molecule has 0 unspecified atom stereocenters. The van der Waals surface area contributed by atoms with Crippen molar-refractivity contribution in [2.45, 2.75) is 25.4 Å². The number of anilines is 2. The number of ether oxygens (including phenoxy) is 1. The molecule has 1 saturated heterocycles. The lowest BCUT2D eigenvalue weighted by Gasteiger charge is -2.24. The highest BCUT2D eigenvalue weighted by atomic mass is 32.1.